The molecule has 0 saturated heterocycles. The molecule has 3 atom stereocenters. The molecule has 0 aromatic carbocycles. The number of hydrogen-bond donors (Lipinski definition) is 2. The smallest absolute Gasteiger partial charge is 0.315 e. The molecular formula is C15H23N3OS2. The summed E-state index contributed by atoms with van der Waals surface area (Å²) >= 11 is 3.51. The lowest BCUT2D eigenvalue weighted by atomic mass is 9.95. The fourth-order valence-electron chi connectivity index (χ4n) is 3.09. The SMILES string of the molecule is CS[C@@H]1CCCC[C@H]1NC(=O)N[C@H](c1nccs1)C1CC1. The number of nitrogens with one attached hydrogen (secondary N) is 2. The van der Waals surface area contributed by atoms with Crippen LogP contribution in [-0.2, 0) is 0 Å². The molecule has 6 heteroatoms. The van der Waals surface area contributed by atoms with Crippen molar-refractivity contribution in [3.8, 4) is 0 Å². The van der Waals surface area contributed by atoms with Gasteiger partial charge in [-0.1, -0.05) is 12.8 Å². The summed E-state index contributed by atoms with van der Waals surface area (Å²) in [4.78, 5) is 16.7. The number of hydrogen-bond acceptors (Lipinski definition) is 4. The minimum Gasteiger partial charge on any atom is -0.334 e. The van der Waals surface area contributed by atoms with Gasteiger partial charge in [0, 0.05) is 22.9 Å². The molecule has 0 radical (unpaired) electrons. The van der Waals surface area contributed by atoms with Gasteiger partial charge in [-0.05, 0) is 37.9 Å². The van der Waals surface area contributed by atoms with E-state index in [2.05, 4.69) is 21.9 Å². The minimum absolute atomic E-state index is 0.0203. The van der Waals surface area contributed by atoms with Crippen LogP contribution in [0.4, 0.5) is 4.79 Å². The lowest BCUT2D eigenvalue weighted by Gasteiger charge is -2.31. The van der Waals surface area contributed by atoms with E-state index >= 15 is 0 Å². The third kappa shape index (κ3) is 3.92. The Morgan fingerprint density at radius 1 is 1.38 bits per heavy atom. The van der Waals surface area contributed by atoms with Crippen molar-refractivity contribution in [2.75, 3.05) is 6.26 Å². The van der Waals surface area contributed by atoms with E-state index in [0.717, 1.165) is 11.4 Å². The van der Waals surface area contributed by atoms with Gasteiger partial charge < -0.3 is 10.6 Å². The molecule has 3 rings (SSSR count). The zero-order valence-electron chi connectivity index (χ0n) is 12.4. The lowest BCUT2D eigenvalue weighted by molar-refractivity contribution is 0.228. The molecule has 0 unspecified atom stereocenters. The number of carbonyl (C=O) groups is 1. The topological polar surface area (TPSA) is 54.0 Å². The van der Waals surface area contributed by atoms with Crippen molar-refractivity contribution in [3.05, 3.63) is 16.6 Å². The Morgan fingerprint density at radius 3 is 2.86 bits per heavy atom. The summed E-state index contributed by atoms with van der Waals surface area (Å²) in [5.74, 6) is 0.574. The van der Waals surface area contributed by atoms with Crippen LogP contribution in [0.3, 0.4) is 0 Å². The quantitative estimate of drug-likeness (QED) is 0.870. The highest BCUT2D eigenvalue weighted by atomic mass is 32.2. The summed E-state index contributed by atoms with van der Waals surface area (Å²) in [6.07, 6.45) is 11.2. The number of thioether (sulfide) groups is 1. The van der Waals surface area contributed by atoms with Gasteiger partial charge in [0.25, 0.3) is 0 Å². The van der Waals surface area contributed by atoms with E-state index in [4.69, 9.17) is 0 Å². The molecular weight excluding hydrogens is 302 g/mol. The van der Waals surface area contributed by atoms with Crippen molar-refractivity contribution in [1.29, 1.82) is 0 Å². The molecule has 116 valence electrons. The number of amides is 2. The average molecular weight is 326 g/mol. The third-order valence-corrected chi connectivity index (χ3v) is 6.45. The van der Waals surface area contributed by atoms with E-state index in [1.54, 1.807) is 11.3 Å². The number of rotatable bonds is 5. The maximum atomic E-state index is 12.4. The van der Waals surface area contributed by atoms with Gasteiger partial charge >= 0.3 is 6.03 Å². The summed E-state index contributed by atoms with van der Waals surface area (Å²) in [7, 11) is 0. The van der Waals surface area contributed by atoms with Gasteiger partial charge in [0.1, 0.15) is 5.01 Å². The Balaban J connectivity index is 1.57. The molecule has 0 spiro atoms. The first-order valence-corrected chi connectivity index (χ1v) is 9.94. The number of thiazole rings is 1. The second-order valence-electron chi connectivity index (χ2n) is 5.97. The summed E-state index contributed by atoms with van der Waals surface area (Å²) < 4.78 is 0. The molecule has 1 aromatic heterocycles. The molecule has 2 N–H and O–H groups in total. The Morgan fingerprint density at radius 2 is 2.19 bits per heavy atom. The second-order valence-corrected chi connectivity index (χ2v) is 7.97. The van der Waals surface area contributed by atoms with Crippen LogP contribution in [0.15, 0.2) is 11.6 Å². The molecule has 2 amide bonds. The lowest BCUT2D eigenvalue weighted by Crippen LogP contribution is -2.49. The average Bonchev–Trinajstić information content (AvgIpc) is 3.19. The Hall–Kier alpha value is -0.750. The fourth-order valence-corrected chi connectivity index (χ4v) is 4.81. The normalized spacial score (nSPS) is 27.1. The van der Waals surface area contributed by atoms with Gasteiger partial charge in [0.05, 0.1) is 6.04 Å². The first-order chi connectivity index (χ1) is 10.3. The zero-order valence-corrected chi connectivity index (χ0v) is 14.0. The van der Waals surface area contributed by atoms with Gasteiger partial charge in [0.15, 0.2) is 0 Å². The Bertz CT molecular complexity index is 461. The molecule has 2 saturated carbocycles. The highest BCUT2D eigenvalue weighted by molar-refractivity contribution is 7.99. The maximum Gasteiger partial charge on any atom is 0.315 e. The van der Waals surface area contributed by atoms with Crippen molar-refractivity contribution in [3.63, 3.8) is 0 Å². The van der Waals surface area contributed by atoms with Crippen LogP contribution >= 0.6 is 23.1 Å². The van der Waals surface area contributed by atoms with E-state index in [9.17, 15) is 4.79 Å². The molecule has 2 aliphatic carbocycles. The van der Waals surface area contributed by atoms with Crippen LogP contribution in [-0.4, -0.2) is 28.6 Å². The van der Waals surface area contributed by atoms with E-state index in [-0.39, 0.29) is 12.1 Å². The summed E-state index contributed by atoms with van der Waals surface area (Å²) in [6.45, 7) is 0. The number of aromatic nitrogens is 1. The minimum atomic E-state index is -0.0203. The summed E-state index contributed by atoms with van der Waals surface area (Å²) in [5, 5.41) is 9.94. The number of carbonyl (C=O) groups excluding carboxylic acids is 1. The third-order valence-electron chi connectivity index (χ3n) is 4.42. The highest BCUT2D eigenvalue weighted by Gasteiger charge is 2.35. The molecule has 21 heavy (non-hydrogen) atoms. The van der Waals surface area contributed by atoms with Crippen LogP contribution in [0, 0.1) is 5.92 Å². The van der Waals surface area contributed by atoms with Crippen LogP contribution in [0.25, 0.3) is 0 Å². The van der Waals surface area contributed by atoms with Crippen LogP contribution in [0.5, 0.6) is 0 Å². The van der Waals surface area contributed by atoms with E-state index < -0.39 is 0 Å². The van der Waals surface area contributed by atoms with Crippen molar-refractivity contribution >= 4 is 29.1 Å². The maximum absolute atomic E-state index is 12.4. The van der Waals surface area contributed by atoms with Gasteiger partial charge in [-0.15, -0.1) is 11.3 Å². The highest BCUT2D eigenvalue weighted by Crippen LogP contribution is 2.41. The van der Waals surface area contributed by atoms with E-state index in [1.807, 2.05) is 23.3 Å². The van der Waals surface area contributed by atoms with E-state index in [0.29, 0.717) is 17.2 Å². The first kappa shape index (κ1) is 15.2. The first-order valence-electron chi connectivity index (χ1n) is 7.77. The van der Waals surface area contributed by atoms with Crippen molar-refractivity contribution in [2.45, 2.75) is 55.9 Å². The fraction of sp³-hybridized carbons (Fsp3) is 0.733. The summed E-state index contributed by atoms with van der Waals surface area (Å²) in [6, 6.07) is 0.388. The molecule has 2 fully saturated rings. The molecule has 2 aliphatic rings. The Labute approximate surface area is 134 Å². The van der Waals surface area contributed by atoms with Crippen LogP contribution in [0.2, 0.25) is 0 Å². The largest absolute Gasteiger partial charge is 0.334 e. The predicted molar refractivity (Wildman–Crippen MR) is 88.8 cm³/mol. The Kier molecular flexibility index (Phi) is 5.06. The second kappa shape index (κ2) is 7.01. The number of urea groups is 1. The van der Waals surface area contributed by atoms with E-state index in [1.165, 1.54) is 32.1 Å². The molecule has 1 heterocycles. The van der Waals surface area contributed by atoms with Gasteiger partial charge in [-0.2, -0.15) is 11.8 Å². The van der Waals surface area contributed by atoms with Crippen LogP contribution < -0.4 is 10.6 Å². The predicted octanol–water partition coefficient (Wildman–Crippen LogP) is 3.57. The van der Waals surface area contributed by atoms with Crippen molar-refractivity contribution in [1.82, 2.24) is 15.6 Å². The molecule has 0 bridgehead atoms. The molecule has 1 aromatic rings. The monoisotopic (exact) mass is 325 g/mol. The zero-order chi connectivity index (χ0) is 14.7. The molecule has 0 aliphatic heterocycles. The van der Waals surface area contributed by atoms with Gasteiger partial charge in [-0.25, -0.2) is 9.78 Å². The van der Waals surface area contributed by atoms with Crippen molar-refractivity contribution < 1.29 is 4.79 Å². The van der Waals surface area contributed by atoms with Crippen LogP contribution in [0.1, 0.15) is 49.6 Å². The summed E-state index contributed by atoms with van der Waals surface area (Å²) in [5.41, 5.74) is 0. The standard InChI is InChI=1S/C15H23N3OS2/c1-20-12-5-3-2-4-11(12)17-15(19)18-13(10-6-7-10)14-16-8-9-21-14/h8-13H,2-7H2,1H3,(H2,17,18,19)/t11-,12-,13+/m1/s1. The number of nitrogens with zero attached hydrogens (tertiary/aromatic N) is 1. The van der Waals surface area contributed by atoms with Crippen molar-refractivity contribution in [2.24, 2.45) is 5.92 Å². The molecule has 4 nitrogen and oxygen atoms in total. The van der Waals surface area contributed by atoms with Gasteiger partial charge in [0.2, 0.25) is 0 Å². The van der Waals surface area contributed by atoms with Gasteiger partial charge in [-0.3, -0.25) is 0 Å².